The number of ketones is 1. The highest BCUT2D eigenvalue weighted by atomic mass is 35.5. The topological polar surface area (TPSA) is 81.1 Å². The predicted molar refractivity (Wildman–Crippen MR) is 113 cm³/mol. The number of carbonyl (C=O) groups excluding carboxylic acids is 2. The van der Waals surface area contributed by atoms with Crippen LogP contribution in [0.2, 0.25) is 5.02 Å². The average molecular weight is 410 g/mol. The van der Waals surface area contributed by atoms with Gasteiger partial charge in [-0.25, -0.2) is 4.98 Å². The molecule has 0 radical (unpaired) electrons. The van der Waals surface area contributed by atoms with Crippen LogP contribution in [0.25, 0.3) is 11.4 Å². The minimum atomic E-state index is -0.401. The molecule has 0 unspecified atom stereocenters. The molecule has 0 fully saturated rings. The third-order valence-corrected chi connectivity index (χ3v) is 4.60. The Balaban J connectivity index is 1.94. The van der Waals surface area contributed by atoms with Crippen LogP contribution >= 0.6 is 11.6 Å². The number of nitrogens with one attached hydrogen (secondary N) is 1. The summed E-state index contributed by atoms with van der Waals surface area (Å²) < 4.78 is 1.31. The van der Waals surface area contributed by atoms with Crippen molar-refractivity contribution in [2.75, 3.05) is 5.32 Å². The first kappa shape index (κ1) is 20.5. The molecular weight excluding hydrogens is 390 g/mol. The summed E-state index contributed by atoms with van der Waals surface area (Å²) in [5, 5.41) is 3.24. The zero-order valence-electron chi connectivity index (χ0n) is 16.1. The first-order valence-corrected chi connectivity index (χ1v) is 9.52. The van der Waals surface area contributed by atoms with Gasteiger partial charge in [0.1, 0.15) is 12.4 Å². The quantitative estimate of drug-likeness (QED) is 0.624. The third-order valence-electron chi connectivity index (χ3n) is 4.36. The molecule has 0 aliphatic carbocycles. The van der Waals surface area contributed by atoms with E-state index in [0.717, 1.165) is 0 Å². The summed E-state index contributed by atoms with van der Waals surface area (Å²) in [7, 11) is 0. The van der Waals surface area contributed by atoms with Crippen LogP contribution in [0, 0.1) is 0 Å². The SMILES string of the molecule is CCc1cc(=O)n(CC(=O)Nc2cccc(C(C)=O)c2)c(-c2cccc(Cl)c2)n1. The number of Topliss-reactive ketones (excluding diaryl/α,β-unsaturated/α-hetero) is 1. The summed E-state index contributed by atoms with van der Waals surface area (Å²) >= 11 is 6.09. The Bertz CT molecular complexity index is 1140. The van der Waals surface area contributed by atoms with Crippen LogP contribution in [0.15, 0.2) is 59.4 Å². The van der Waals surface area contributed by atoms with E-state index in [0.29, 0.717) is 39.8 Å². The molecule has 3 aromatic rings. The van der Waals surface area contributed by atoms with Gasteiger partial charge in [0.25, 0.3) is 5.56 Å². The lowest BCUT2D eigenvalue weighted by Gasteiger charge is -2.14. The van der Waals surface area contributed by atoms with Crippen molar-refractivity contribution < 1.29 is 9.59 Å². The Morgan fingerprint density at radius 2 is 1.86 bits per heavy atom. The van der Waals surface area contributed by atoms with Gasteiger partial charge >= 0.3 is 0 Å². The monoisotopic (exact) mass is 409 g/mol. The van der Waals surface area contributed by atoms with Crippen molar-refractivity contribution >= 4 is 29.0 Å². The third kappa shape index (κ3) is 4.97. The standard InChI is InChI=1S/C22H20ClN3O3/c1-3-18-12-21(29)26(22(25-18)16-7-4-8-17(23)10-16)13-20(28)24-19-9-5-6-15(11-19)14(2)27/h4-12H,3,13H2,1-2H3,(H,24,28). The highest BCUT2D eigenvalue weighted by Crippen LogP contribution is 2.21. The fraction of sp³-hybridized carbons (Fsp3) is 0.182. The molecule has 0 aliphatic rings. The van der Waals surface area contributed by atoms with E-state index in [2.05, 4.69) is 10.3 Å². The molecule has 148 valence electrons. The van der Waals surface area contributed by atoms with Gasteiger partial charge in [0.05, 0.1) is 0 Å². The van der Waals surface area contributed by atoms with Crippen LogP contribution in [0.3, 0.4) is 0 Å². The maximum Gasteiger partial charge on any atom is 0.254 e. The normalized spacial score (nSPS) is 10.6. The first-order valence-electron chi connectivity index (χ1n) is 9.15. The van der Waals surface area contributed by atoms with Crippen LogP contribution < -0.4 is 10.9 Å². The Kier molecular flexibility index (Phi) is 6.24. The Morgan fingerprint density at radius 1 is 1.10 bits per heavy atom. The lowest BCUT2D eigenvalue weighted by Crippen LogP contribution is -2.30. The molecule has 0 saturated heterocycles. The summed E-state index contributed by atoms with van der Waals surface area (Å²) in [6.45, 7) is 3.14. The number of hydrogen-bond acceptors (Lipinski definition) is 4. The lowest BCUT2D eigenvalue weighted by molar-refractivity contribution is -0.116. The number of anilines is 1. The van der Waals surface area contributed by atoms with Crippen LogP contribution in [0.1, 0.15) is 29.9 Å². The van der Waals surface area contributed by atoms with Crippen molar-refractivity contribution in [1.82, 2.24) is 9.55 Å². The number of carbonyl (C=O) groups is 2. The molecule has 0 bridgehead atoms. The van der Waals surface area contributed by atoms with E-state index in [1.807, 2.05) is 6.92 Å². The highest BCUT2D eigenvalue weighted by molar-refractivity contribution is 6.30. The molecule has 0 spiro atoms. The van der Waals surface area contributed by atoms with E-state index in [1.165, 1.54) is 17.6 Å². The van der Waals surface area contributed by atoms with Crippen LogP contribution in [0.5, 0.6) is 0 Å². The number of benzene rings is 2. The molecule has 1 amide bonds. The fourth-order valence-corrected chi connectivity index (χ4v) is 3.09. The van der Waals surface area contributed by atoms with Crippen LogP contribution in [-0.2, 0) is 17.8 Å². The van der Waals surface area contributed by atoms with E-state index in [-0.39, 0.29) is 17.9 Å². The van der Waals surface area contributed by atoms with E-state index in [9.17, 15) is 14.4 Å². The van der Waals surface area contributed by atoms with Crippen molar-refractivity contribution in [3.8, 4) is 11.4 Å². The summed E-state index contributed by atoms with van der Waals surface area (Å²) in [5.74, 6) is -0.119. The van der Waals surface area contributed by atoms with E-state index in [4.69, 9.17) is 11.6 Å². The molecule has 2 aromatic carbocycles. The largest absolute Gasteiger partial charge is 0.325 e. The minimum absolute atomic E-state index is 0.0973. The number of hydrogen-bond donors (Lipinski definition) is 1. The Hall–Kier alpha value is -3.25. The molecule has 0 atom stereocenters. The zero-order chi connectivity index (χ0) is 21.0. The maximum atomic E-state index is 12.7. The predicted octanol–water partition coefficient (Wildman–Crippen LogP) is 3.97. The number of amides is 1. The van der Waals surface area contributed by atoms with E-state index in [1.54, 1.807) is 48.5 Å². The highest BCUT2D eigenvalue weighted by Gasteiger charge is 2.14. The molecule has 0 aliphatic heterocycles. The molecule has 29 heavy (non-hydrogen) atoms. The number of aromatic nitrogens is 2. The second kappa shape index (κ2) is 8.84. The van der Waals surface area contributed by atoms with Crippen molar-refractivity contribution in [2.45, 2.75) is 26.8 Å². The number of halogens is 1. The molecule has 1 heterocycles. The van der Waals surface area contributed by atoms with Gasteiger partial charge in [-0.15, -0.1) is 0 Å². The van der Waals surface area contributed by atoms with E-state index >= 15 is 0 Å². The average Bonchev–Trinajstić information content (AvgIpc) is 2.69. The van der Waals surface area contributed by atoms with Crippen molar-refractivity contribution in [3.63, 3.8) is 0 Å². The van der Waals surface area contributed by atoms with Gasteiger partial charge in [-0.1, -0.05) is 42.8 Å². The summed E-state index contributed by atoms with van der Waals surface area (Å²) in [5.41, 5.74) is 1.94. The molecule has 3 rings (SSSR count). The minimum Gasteiger partial charge on any atom is -0.325 e. The summed E-state index contributed by atoms with van der Waals surface area (Å²) in [4.78, 5) is 41.4. The Morgan fingerprint density at radius 3 is 2.55 bits per heavy atom. The van der Waals surface area contributed by atoms with Crippen LogP contribution in [0.4, 0.5) is 5.69 Å². The van der Waals surface area contributed by atoms with Crippen molar-refractivity contribution in [3.05, 3.63) is 81.2 Å². The number of nitrogens with zero attached hydrogens (tertiary/aromatic N) is 2. The van der Waals surface area contributed by atoms with Gasteiger partial charge in [0, 0.05) is 33.6 Å². The fourth-order valence-electron chi connectivity index (χ4n) is 2.90. The zero-order valence-corrected chi connectivity index (χ0v) is 16.9. The smallest absolute Gasteiger partial charge is 0.254 e. The summed E-state index contributed by atoms with van der Waals surface area (Å²) in [6.07, 6.45) is 0.591. The van der Waals surface area contributed by atoms with Gasteiger partial charge in [0.2, 0.25) is 5.91 Å². The van der Waals surface area contributed by atoms with Gasteiger partial charge in [0.15, 0.2) is 5.78 Å². The van der Waals surface area contributed by atoms with Gasteiger partial charge in [-0.3, -0.25) is 19.0 Å². The van der Waals surface area contributed by atoms with Crippen LogP contribution in [-0.4, -0.2) is 21.2 Å². The second-order valence-corrected chi connectivity index (χ2v) is 6.98. The molecule has 1 aromatic heterocycles. The van der Waals surface area contributed by atoms with Gasteiger partial charge < -0.3 is 5.32 Å². The van der Waals surface area contributed by atoms with Gasteiger partial charge in [-0.05, 0) is 37.6 Å². The number of aryl methyl sites for hydroxylation is 1. The molecule has 7 heteroatoms. The lowest BCUT2D eigenvalue weighted by atomic mass is 10.1. The summed E-state index contributed by atoms with van der Waals surface area (Å²) in [6, 6.07) is 15.1. The van der Waals surface area contributed by atoms with E-state index < -0.39 is 5.91 Å². The molecule has 1 N–H and O–H groups in total. The molecule has 0 saturated carbocycles. The Labute approximate surface area is 173 Å². The molecule has 6 nitrogen and oxygen atoms in total. The van der Waals surface area contributed by atoms with Crippen molar-refractivity contribution in [1.29, 1.82) is 0 Å². The molecular formula is C22H20ClN3O3. The van der Waals surface area contributed by atoms with Crippen molar-refractivity contribution in [2.24, 2.45) is 0 Å². The van der Waals surface area contributed by atoms with Gasteiger partial charge in [-0.2, -0.15) is 0 Å². The number of rotatable bonds is 6. The first-order chi connectivity index (χ1) is 13.9. The maximum absolute atomic E-state index is 12.7. The second-order valence-electron chi connectivity index (χ2n) is 6.54.